The largest absolute Gasteiger partial charge is 0.465 e. The molecule has 0 aromatic rings. The Bertz CT molecular complexity index is 284. The van der Waals surface area contributed by atoms with Crippen molar-refractivity contribution in [2.24, 2.45) is 11.5 Å². The predicted molar refractivity (Wildman–Crippen MR) is 73.7 cm³/mol. The maximum Gasteiger partial charge on any atom is 0.323 e. The van der Waals surface area contributed by atoms with Crippen LogP contribution in [0.5, 0.6) is 0 Å². The monoisotopic (exact) mass is 296 g/mol. The molecule has 4 N–H and O–H groups in total. The van der Waals surface area contributed by atoms with Crippen molar-refractivity contribution in [3.63, 3.8) is 0 Å². The molecule has 0 aliphatic heterocycles. The van der Waals surface area contributed by atoms with Crippen molar-refractivity contribution in [3.05, 3.63) is 0 Å². The number of esters is 2. The van der Waals surface area contributed by atoms with Gasteiger partial charge in [0, 0.05) is 11.5 Å². The Balaban J connectivity index is 4.10. The van der Waals surface area contributed by atoms with Gasteiger partial charge in [0.25, 0.3) is 0 Å². The van der Waals surface area contributed by atoms with Crippen LogP contribution in [0.3, 0.4) is 0 Å². The number of nitrogens with two attached hydrogens (primary N) is 2. The highest BCUT2D eigenvalue weighted by Crippen LogP contribution is 1.96. The Morgan fingerprint density at radius 1 is 1.06 bits per heavy atom. The maximum atomic E-state index is 11.3. The Morgan fingerprint density at radius 3 is 1.67 bits per heavy atom. The van der Waals surface area contributed by atoms with Crippen LogP contribution in [0.4, 0.5) is 0 Å². The fraction of sp³-hybridized carbons (Fsp3) is 0.800. The first-order valence-electron chi connectivity index (χ1n) is 5.61. The van der Waals surface area contributed by atoms with Crippen molar-refractivity contribution in [1.29, 1.82) is 0 Å². The fourth-order valence-electron chi connectivity index (χ4n) is 1.10. The zero-order valence-electron chi connectivity index (χ0n) is 10.6. The van der Waals surface area contributed by atoms with Crippen molar-refractivity contribution in [2.45, 2.75) is 25.9 Å². The maximum absolute atomic E-state index is 11.3. The molecule has 2 unspecified atom stereocenters. The molecule has 0 heterocycles. The van der Waals surface area contributed by atoms with Crippen LogP contribution in [-0.2, 0) is 39.7 Å². The molecule has 0 aliphatic rings. The summed E-state index contributed by atoms with van der Waals surface area (Å²) >= 11 is 5.15. The van der Waals surface area contributed by atoms with E-state index in [4.69, 9.17) is 32.1 Å². The highest BCUT2D eigenvalue weighted by atomic mass is 32.8. The van der Waals surface area contributed by atoms with Crippen LogP contribution in [0, 0.1) is 0 Å². The molecule has 0 radical (unpaired) electrons. The first kappa shape index (κ1) is 17.4. The lowest BCUT2D eigenvalue weighted by Crippen LogP contribution is -2.42. The van der Waals surface area contributed by atoms with Crippen LogP contribution in [0.1, 0.15) is 13.8 Å². The zero-order chi connectivity index (χ0) is 14.1. The third-order valence-corrected chi connectivity index (χ3v) is 4.19. The smallest absolute Gasteiger partial charge is 0.323 e. The number of hydrogen-bond acceptors (Lipinski definition) is 7. The van der Waals surface area contributed by atoms with E-state index in [2.05, 4.69) is 0 Å². The van der Waals surface area contributed by atoms with Gasteiger partial charge in [-0.25, -0.2) is 0 Å². The molecule has 0 spiro atoms. The summed E-state index contributed by atoms with van der Waals surface area (Å²) in [5.74, 6) is -0.406. The van der Waals surface area contributed by atoms with Gasteiger partial charge >= 0.3 is 11.9 Å². The average Bonchev–Trinajstić information content (AvgIpc) is 2.29. The summed E-state index contributed by atoms with van der Waals surface area (Å²) in [6.45, 7) is 3.96. The number of rotatable bonds is 8. The predicted octanol–water partition coefficient (Wildman–Crippen LogP) is -1.15. The molecule has 0 amide bonds. The third-order valence-electron chi connectivity index (χ3n) is 1.91. The molecule has 0 saturated carbocycles. The summed E-state index contributed by atoms with van der Waals surface area (Å²) in [5, 5.41) is 0. The molecule has 0 aromatic carbocycles. The van der Waals surface area contributed by atoms with E-state index in [1.165, 1.54) is 0 Å². The molecule has 0 saturated heterocycles. The molecular formula is C10H20N2O4S2. The van der Waals surface area contributed by atoms with Crippen molar-refractivity contribution in [3.8, 4) is 0 Å². The van der Waals surface area contributed by atoms with E-state index >= 15 is 0 Å². The first-order chi connectivity index (χ1) is 8.42. The SMILES string of the molecule is CCOC(=O)C(N)CS(=S)C[C@H](N)C(=O)OCC. The van der Waals surface area contributed by atoms with Crippen LogP contribution in [0.2, 0.25) is 0 Å². The van der Waals surface area contributed by atoms with Gasteiger partial charge in [-0.2, -0.15) is 0 Å². The lowest BCUT2D eigenvalue weighted by molar-refractivity contribution is -0.144. The third kappa shape index (κ3) is 7.00. The second-order valence-corrected chi connectivity index (χ2v) is 6.45. The highest BCUT2D eigenvalue weighted by Gasteiger charge is 2.20. The second-order valence-electron chi connectivity index (χ2n) is 3.49. The lowest BCUT2D eigenvalue weighted by Gasteiger charge is -2.15. The van der Waals surface area contributed by atoms with E-state index in [-0.39, 0.29) is 24.7 Å². The second kappa shape index (κ2) is 9.37. The number of ether oxygens (including phenoxy) is 2. The Labute approximate surface area is 114 Å². The summed E-state index contributed by atoms with van der Waals surface area (Å²) in [6, 6.07) is -1.53. The molecule has 18 heavy (non-hydrogen) atoms. The summed E-state index contributed by atoms with van der Waals surface area (Å²) in [7, 11) is -0.647. The lowest BCUT2D eigenvalue weighted by atomic mass is 10.4. The van der Waals surface area contributed by atoms with E-state index in [0.717, 1.165) is 0 Å². The molecule has 8 heteroatoms. The van der Waals surface area contributed by atoms with Gasteiger partial charge < -0.3 is 20.9 Å². The van der Waals surface area contributed by atoms with Crippen molar-refractivity contribution >= 4 is 32.6 Å². The quantitative estimate of drug-likeness (QED) is 0.545. The van der Waals surface area contributed by atoms with E-state index in [0.29, 0.717) is 0 Å². The fourth-order valence-corrected chi connectivity index (χ4v) is 3.19. The molecular weight excluding hydrogens is 276 g/mol. The molecule has 0 fully saturated rings. The summed E-state index contributed by atoms with van der Waals surface area (Å²) in [5.41, 5.74) is 11.2. The zero-order valence-corrected chi connectivity index (χ0v) is 12.2. The van der Waals surface area contributed by atoms with E-state index in [9.17, 15) is 9.59 Å². The van der Waals surface area contributed by atoms with Gasteiger partial charge in [-0.3, -0.25) is 9.59 Å². The van der Waals surface area contributed by atoms with Gasteiger partial charge in [-0.15, -0.1) is 9.45 Å². The van der Waals surface area contributed by atoms with E-state index < -0.39 is 33.5 Å². The van der Waals surface area contributed by atoms with E-state index in [1.54, 1.807) is 13.8 Å². The number of hydrogen-bond donors (Lipinski definition) is 2. The van der Waals surface area contributed by atoms with Crippen LogP contribution in [0.15, 0.2) is 0 Å². The summed E-state index contributed by atoms with van der Waals surface area (Å²) in [4.78, 5) is 22.6. The normalized spacial score (nSPS) is 15.6. The molecule has 0 rings (SSSR count). The van der Waals surface area contributed by atoms with Crippen LogP contribution < -0.4 is 11.5 Å². The minimum Gasteiger partial charge on any atom is -0.465 e. The minimum absolute atomic E-state index is 0.278. The average molecular weight is 296 g/mol. The standard InChI is InChI=1S/C10H20N2O4S2/c1-3-15-9(13)7(11)5-18(17)6-8(12)10(14)16-4-2/h7-8H,3-6,11-12H2,1-2H3/t7-,8?,18?/m0/s1. The Morgan fingerprint density at radius 2 is 1.39 bits per heavy atom. The van der Waals surface area contributed by atoms with Gasteiger partial charge in [0.05, 0.1) is 13.2 Å². The molecule has 0 aromatic heterocycles. The minimum atomic E-state index is -0.764. The molecule has 0 aliphatic carbocycles. The highest BCUT2D eigenvalue weighted by molar-refractivity contribution is 8.28. The summed E-state index contributed by atoms with van der Waals surface area (Å²) < 4.78 is 9.53. The van der Waals surface area contributed by atoms with Gasteiger partial charge in [-0.1, -0.05) is 11.2 Å². The Hall–Kier alpha value is -0.570. The molecule has 6 nitrogen and oxygen atoms in total. The Kier molecular flexibility index (Phi) is 9.08. The molecule has 106 valence electrons. The van der Waals surface area contributed by atoms with Crippen LogP contribution in [0.25, 0.3) is 0 Å². The molecule has 3 atom stereocenters. The van der Waals surface area contributed by atoms with Gasteiger partial charge in [-0.05, 0) is 13.8 Å². The van der Waals surface area contributed by atoms with Gasteiger partial charge in [0.15, 0.2) is 0 Å². The van der Waals surface area contributed by atoms with Crippen LogP contribution >= 0.6 is 0 Å². The summed E-state index contributed by atoms with van der Waals surface area (Å²) in [6.07, 6.45) is 0. The first-order valence-corrected chi connectivity index (χ1v) is 8.10. The van der Waals surface area contributed by atoms with E-state index in [1.807, 2.05) is 0 Å². The molecule has 0 bridgehead atoms. The number of carbonyl (C=O) groups is 2. The van der Waals surface area contributed by atoms with Crippen molar-refractivity contribution in [2.75, 3.05) is 24.7 Å². The van der Waals surface area contributed by atoms with Crippen molar-refractivity contribution < 1.29 is 19.1 Å². The van der Waals surface area contributed by atoms with Gasteiger partial charge in [0.2, 0.25) is 0 Å². The topological polar surface area (TPSA) is 105 Å². The van der Waals surface area contributed by atoms with Crippen molar-refractivity contribution in [1.82, 2.24) is 0 Å². The van der Waals surface area contributed by atoms with Crippen LogP contribution in [-0.4, -0.2) is 48.7 Å². The van der Waals surface area contributed by atoms with Gasteiger partial charge in [0.1, 0.15) is 12.1 Å². The number of carbonyl (C=O) groups excluding carboxylic acids is 2.